The second-order valence-corrected chi connectivity index (χ2v) is 6.41. The van der Waals surface area contributed by atoms with Crippen molar-refractivity contribution in [2.45, 2.75) is 26.3 Å². The fourth-order valence-corrected chi connectivity index (χ4v) is 2.94. The third-order valence-electron chi connectivity index (χ3n) is 4.06. The van der Waals surface area contributed by atoms with Gasteiger partial charge in [-0.2, -0.15) is 5.26 Å². The lowest BCUT2D eigenvalue weighted by Crippen LogP contribution is -2.41. The number of nitro benzene ring substituents is 1. The first-order chi connectivity index (χ1) is 11.9. The number of carbonyl (C=O) groups is 1. The van der Waals surface area contributed by atoms with Gasteiger partial charge in [-0.1, -0.05) is 0 Å². The molecule has 1 heterocycles. The quantitative estimate of drug-likeness (QED) is 0.641. The zero-order valence-electron chi connectivity index (χ0n) is 14.6. The number of nitro groups is 1. The summed E-state index contributed by atoms with van der Waals surface area (Å²) in [6, 6.07) is 6.55. The van der Waals surface area contributed by atoms with Crippen LogP contribution in [0.25, 0.3) is 0 Å². The van der Waals surface area contributed by atoms with Gasteiger partial charge in [-0.15, -0.1) is 0 Å². The number of hydrogen-bond acceptors (Lipinski definition) is 6. The van der Waals surface area contributed by atoms with Gasteiger partial charge in [0.25, 0.3) is 5.69 Å². The number of benzene rings is 1. The molecule has 1 aliphatic heterocycles. The van der Waals surface area contributed by atoms with Gasteiger partial charge in [0, 0.05) is 44.4 Å². The summed E-state index contributed by atoms with van der Waals surface area (Å²) in [6.45, 7) is 7.14. The van der Waals surface area contributed by atoms with Gasteiger partial charge in [0.1, 0.15) is 6.07 Å². The first kappa shape index (κ1) is 18.7. The van der Waals surface area contributed by atoms with Crippen molar-refractivity contribution in [1.29, 1.82) is 5.26 Å². The average Bonchev–Trinajstić information content (AvgIpc) is 2.78. The summed E-state index contributed by atoms with van der Waals surface area (Å²) in [7, 11) is 0. The normalized spacial score (nSPS) is 15.5. The minimum atomic E-state index is -0.498. The number of non-ortho nitro benzene ring substituents is 1. The number of nitriles is 1. The Morgan fingerprint density at radius 2 is 2.12 bits per heavy atom. The van der Waals surface area contributed by atoms with Crippen molar-refractivity contribution >= 4 is 17.3 Å². The summed E-state index contributed by atoms with van der Waals surface area (Å²) >= 11 is 0. The summed E-state index contributed by atoms with van der Waals surface area (Å²) in [5.41, 5.74) is 0.934. The molecule has 0 aliphatic carbocycles. The van der Waals surface area contributed by atoms with Crippen LogP contribution in [-0.2, 0) is 4.79 Å². The molecule has 8 nitrogen and oxygen atoms in total. The molecule has 0 saturated carbocycles. The molecule has 1 N–H and O–H groups in total. The van der Waals surface area contributed by atoms with Crippen molar-refractivity contribution in [2.24, 2.45) is 0 Å². The topological polar surface area (TPSA) is 103 Å². The van der Waals surface area contributed by atoms with Gasteiger partial charge in [0.05, 0.1) is 22.7 Å². The molecule has 1 saturated heterocycles. The van der Waals surface area contributed by atoms with Gasteiger partial charge in [-0.25, -0.2) is 0 Å². The molecule has 25 heavy (non-hydrogen) atoms. The molecule has 0 bridgehead atoms. The van der Waals surface area contributed by atoms with E-state index in [4.69, 9.17) is 0 Å². The van der Waals surface area contributed by atoms with Crippen LogP contribution in [0.4, 0.5) is 11.4 Å². The zero-order chi connectivity index (χ0) is 18.4. The van der Waals surface area contributed by atoms with Crippen molar-refractivity contribution in [1.82, 2.24) is 10.2 Å². The summed E-state index contributed by atoms with van der Waals surface area (Å²) in [6.07, 6.45) is 0.858. The maximum Gasteiger partial charge on any atom is 0.270 e. The molecule has 0 unspecified atom stereocenters. The van der Waals surface area contributed by atoms with E-state index in [1.54, 1.807) is 6.07 Å². The number of nitrogens with zero attached hydrogens (tertiary/aromatic N) is 4. The maximum atomic E-state index is 11.9. The smallest absolute Gasteiger partial charge is 0.270 e. The molecule has 1 amide bonds. The summed E-state index contributed by atoms with van der Waals surface area (Å²) in [4.78, 5) is 26.4. The molecule has 2 rings (SSSR count). The Kier molecular flexibility index (Phi) is 6.31. The van der Waals surface area contributed by atoms with Crippen LogP contribution in [0.2, 0.25) is 0 Å². The molecule has 134 valence electrons. The largest absolute Gasteiger partial charge is 0.369 e. The van der Waals surface area contributed by atoms with Crippen LogP contribution in [0.5, 0.6) is 0 Å². The molecular weight excluding hydrogens is 322 g/mol. The lowest BCUT2D eigenvalue weighted by Gasteiger charge is -2.24. The zero-order valence-corrected chi connectivity index (χ0v) is 14.6. The van der Waals surface area contributed by atoms with E-state index in [9.17, 15) is 20.2 Å². The molecule has 0 radical (unpaired) electrons. The van der Waals surface area contributed by atoms with E-state index < -0.39 is 4.92 Å². The van der Waals surface area contributed by atoms with E-state index >= 15 is 0 Å². The van der Waals surface area contributed by atoms with Crippen LogP contribution in [-0.4, -0.2) is 54.5 Å². The predicted molar refractivity (Wildman–Crippen MR) is 94.4 cm³/mol. The van der Waals surface area contributed by atoms with Gasteiger partial charge < -0.3 is 10.2 Å². The van der Waals surface area contributed by atoms with E-state index in [2.05, 4.69) is 15.1 Å². The molecule has 0 aromatic heterocycles. The Morgan fingerprint density at radius 1 is 1.36 bits per heavy atom. The van der Waals surface area contributed by atoms with Crippen molar-refractivity contribution in [2.75, 3.05) is 37.6 Å². The highest BCUT2D eigenvalue weighted by Gasteiger charge is 2.20. The third kappa shape index (κ3) is 5.16. The lowest BCUT2D eigenvalue weighted by atomic mass is 10.1. The van der Waals surface area contributed by atoms with E-state index in [-0.39, 0.29) is 17.6 Å². The Hall–Kier alpha value is -2.66. The summed E-state index contributed by atoms with van der Waals surface area (Å²) in [5, 5.41) is 23.1. The Labute approximate surface area is 147 Å². The minimum Gasteiger partial charge on any atom is -0.369 e. The van der Waals surface area contributed by atoms with E-state index in [1.807, 2.05) is 19.9 Å². The van der Waals surface area contributed by atoms with Crippen molar-refractivity contribution < 1.29 is 9.72 Å². The van der Waals surface area contributed by atoms with Crippen molar-refractivity contribution in [3.05, 3.63) is 33.9 Å². The van der Waals surface area contributed by atoms with Crippen LogP contribution in [0.1, 0.15) is 25.8 Å². The molecule has 1 aromatic rings. The van der Waals surface area contributed by atoms with Gasteiger partial charge in [0.15, 0.2) is 0 Å². The highest BCUT2D eigenvalue weighted by atomic mass is 16.6. The Balaban J connectivity index is 2.05. The highest BCUT2D eigenvalue weighted by molar-refractivity contribution is 5.78. The Morgan fingerprint density at radius 3 is 2.76 bits per heavy atom. The molecule has 0 spiro atoms. The Bertz CT molecular complexity index is 683. The molecule has 1 aromatic carbocycles. The standard InChI is InChI=1S/C17H23N5O3/c1-13(2)19-17(23)12-20-6-3-7-21(9-8-20)16-5-4-15(22(24)25)10-14(16)11-18/h4-5,10,13H,3,6-9,12H2,1-2H3,(H,19,23). The van der Waals surface area contributed by atoms with Crippen LogP contribution >= 0.6 is 0 Å². The number of amides is 1. The van der Waals surface area contributed by atoms with E-state index in [0.29, 0.717) is 30.9 Å². The molecule has 1 fully saturated rings. The molecule has 8 heteroatoms. The first-order valence-corrected chi connectivity index (χ1v) is 8.36. The highest BCUT2D eigenvalue weighted by Crippen LogP contribution is 2.25. The SMILES string of the molecule is CC(C)NC(=O)CN1CCCN(c2ccc([N+](=O)[O-])cc2C#N)CC1. The van der Waals surface area contributed by atoms with Crippen LogP contribution in [0, 0.1) is 21.4 Å². The number of rotatable bonds is 5. The van der Waals surface area contributed by atoms with Crippen LogP contribution < -0.4 is 10.2 Å². The minimum absolute atomic E-state index is 0.0106. The number of nitrogens with one attached hydrogen (secondary N) is 1. The van der Waals surface area contributed by atoms with Gasteiger partial charge in [0.2, 0.25) is 5.91 Å². The average molecular weight is 345 g/mol. The monoisotopic (exact) mass is 345 g/mol. The summed E-state index contributed by atoms with van der Waals surface area (Å²) in [5.74, 6) is 0.0106. The number of anilines is 1. The third-order valence-corrected chi connectivity index (χ3v) is 4.06. The maximum absolute atomic E-state index is 11.9. The predicted octanol–water partition coefficient (Wildman–Crippen LogP) is 1.50. The number of hydrogen-bond donors (Lipinski definition) is 1. The van der Waals surface area contributed by atoms with Crippen LogP contribution in [0.3, 0.4) is 0 Å². The van der Waals surface area contributed by atoms with Crippen LogP contribution in [0.15, 0.2) is 18.2 Å². The number of carbonyl (C=O) groups excluding carboxylic acids is 1. The molecular formula is C17H23N5O3. The van der Waals surface area contributed by atoms with Gasteiger partial charge in [-0.3, -0.25) is 19.8 Å². The summed E-state index contributed by atoms with van der Waals surface area (Å²) < 4.78 is 0. The molecule has 0 atom stereocenters. The van der Waals surface area contributed by atoms with Crippen molar-refractivity contribution in [3.63, 3.8) is 0 Å². The fourth-order valence-electron chi connectivity index (χ4n) is 2.94. The van der Waals surface area contributed by atoms with Gasteiger partial charge in [-0.05, 0) is 26.3 Å². The lowest BCUT2D eigenvalue weighted by molar-refractivity contribution is -0.384. The van der Waals surface area contributed by atoms with E-state index in [1.165, 1.54) is 12.1 Å². The van der Waals surface area contributed by atoms with E-state index in [0.717, 1.165) is 19.5 Å². The van der Waals surface area contributed by atoms with Crippen molar-refractivity contribution in [3.8, 4) is 6.07 Å². The van der Waals surface area contributed by atoms with Gasteiger partial charge >= 0.3 is 0 Å². The second-order valence-electron chi connectivity index (χ2n) is 6.41. The first-order valence-electron chi connectivity index (χ1n) is 8.36. The second kappa shape index (κ2) is 8.44. The molecule has 1 aliphatic rings. The fraction of sp³-hybridized carbons (Fsp3) is 0.529.